The molecule has 8 heteroatoms. The van der Waals surface area contributed by atoms with E-state index in [0.29, 0.717) is 32.7 Å². The number of piperazine rings is 1. The van der Waals surface area contributed by atoms with E-state index in [0.717, 1.165) is 6.07 Å². The second-order valence-electron chi connectivity index (χ2n) is 5.03. The first-order valence-electron chi connectivity index (χ1n) is 6.97. The van der Waals surface area contributed by atoms with Crippen molar-refractivity contribution in [3.63, 3.8) is 0 Å². The smallest absolute Gasteiger partial charge is 0.395 e. The summed E-state index contributed by atoms with van der Waals surface area (Å²) in [7, 11) is 0. The number of urea groups is 1. The van der Waals surface area contributed by atoms with Crippen LogP contribution in [0.25, 0.3) is 0 Å². The van der Waals surface area contributed by atoms with Crippen molar-refractivity contribution in [3.8, 4) is 0 Å². The molecule has 0 bridgehead atoms. The van der Waals surface area contributed by atoms with E-state index in [9.17, 15) is 18.0 Å². The number of rotatable bonds is 3. The van der Waals surface area contributed by atoms with Crippen LogP contribution in [0.3, 0.4) is 0 Å². The highest BCUT2D eigenvalue weighted by molar-refractivity contribution is 5.90. The number of hydrogen-bond donors (Lipinski definition) is 2. The lowest BCUT2D eigenvalue weighted by Gasteiger charge is -2.34. The molecule has 1 saturated heterocycles. The molecule has 22 heavy (non-hydrogen) atoms. The highest BCUT2D eigenvalue weighted by Crippen LogP contribution is 2.34. The lowest BCUT2D eigenvalue weighted by molar-refractivity contribution is -0.136. The quantitative estimate of drug-likeness (QED) is 0.894. The molecule has 122 valence electrons. The van der Waals surface area contributed by atoms with Crippen molar-refractivity contribution < 1.29 is 23.1 Å². The summed E-state index contributed by atoms with van der Waals surface area (Å²) in [5, 5.41) is 11.2. The standard InChI is InChI=1S/C14H18F3N3O2/c15-14(16,17)11-3-1-2-4-12(11)18-13(22)20-7-5-19(6-8-20)9-10-21/h1-4,21H,5-10H2,(H,18,22). The van der Waals surface area contributed by atoms with Crippen LogP contribution >= 0.6 is 0 Å². The number of anilines is 1. The fourth-order valence-electron chi connectivity index (χ4n) is 2.35. The van der Waals surface area contributed by atoms with Gasteiger partial charge in [0, 0.05) is 32.7 Å². The van der Waals surface area contributed by atoms with E-state index in [-0.39, 0.29) is 12.3 Å². The number of alkyl halides is 3. The molecule has 0 unspecified atom stereocenters. The Morgan fingerprint density at radius 1 is 1.18 bits per heavy atom. The van der Waals surface area contributed by atoms with Crippen LogP contribution in [0.1, 0.15) is 5.56 Å². The number of benzene rings is 1. The van der Waals surface area contributed by atoms with Crippen LogP contribution in [0.5, 0.6) is 0 Å². The third-order valence-electron chi connectivity index (χ3n) is 3.55. The van der Waals surface area contributed by atoms with Gasteiger partial charge in [-0.05, 0) is 12.1 Å². The van der Waals surface area contributed by atoms with Gasteiger partial charge in [0.25, 0.3) is 0 Å². The van der Waals surface area contributed by atoms with Crippen LogP contribution < -0.4 is 5.32 Å². The Balaban J connectivity index is 1.99. The lowest BCUT2D eigenvalue weighted by Crippen LogP contribution is -2.50. The largest absolute Gasteiger partial charge is 0.418 e. The zero-order valence-corrected chi connectivity index (χ0v) is 11.9. The first kappa shape index (κ1) is 16.6. The molecule has 1 aliphatic heterocycles. The van der Waals surface area contributed by atoms with Crippen LogP contribution in [0.2, 0.25) is 0 Å². The van der Waals surface area contributed by atoms with Crippen LogP contribution in [-0.4, -0.2) is 60.3 Å². The molecule has 2 rings (SSSR count). The molecular weight excluding hydrogens is 299 g/mol. The zero-order chi connectivity index (χ0) is 16.2. The first-order chi connectivity index (χ1) is 10.4. The fraction of sp³-hybridized carbons (Fsp3) is 0.500. The number of aliphatic hydroxyl groups is 1. The number of para-hydroxylation sites is 1. The zero-order valence-electron chi connectivity index (χ0n) is 11.9. The molecule has 0 saturated carbocycles. The molecule has 1 heterocycles. The van der Waals surface area contributed by atoms with Gasteiger partial charge in [0.2, 0.25) is 0 Å². The average Bonchev–Trinajstić information content (AvgIpc) is 2.48. The molecule has 0 spiro atoms. The minimum Gasteiger partial charge on any atom is -0.395 e. The van der Waals surface area contributed by atoms with E-state index in [2.05, 4.69) is 5.32 Å². The van der Waals surface area contributed by atoms with Crippen molar-refractivity contribution in [1.29, 1.82) is 0 Å². The van der Waals surface area contributed by atoms with Crippen LogP contribution in [-0.2, 0) is 6.18 Å². The molecule has 2 N–H and O–H groups in total. The third-order valence-corrected chi connectivity index (χ3v) is 3.55. The molecule has 0 atom stereocenters. The van der Waals surface area contributed by atoms with Gasteiger partial charge in [0.1, 0.15) is 0 Å². The third kappa shape index (κ3) is 4.11. The van der Waals surface area contributed by atoms with E-state index in [1.807, 2.05) is 4.90 Å². The summed E-state index contributed by atoms with van der Waals surface area (Å²) < 4.78 is 38.6. The summed E-state index contributed by atoms with van der Waals surface area (Å²) in [5.74, 6) is 0. The number of amides is 2. The minimum atomic E-state index is -4.51. The van der Waals surface area contributed by atoms with Gasteiger partial charge in [-0.2, -0.15) is 13.2 Å². The Kier molecular flexibility index (Phi) is 5.25. The number of carbonyl (C=O) groups excluding carboxylic acids is 1. The topological polar surface area (TPSA) is 55.8 Å². The maximum absolute atomic E-state index is 12.9. The molecule has 1 aliphatic rings. The minimum absolute atomic E-state index is 0.0468. The highest BCUT2D eigenvalue weighted by Gasteiger charge is 2.34. The van der Waals surface area contributed by atoms with Crippen LogP contribution in [0.4, 0.5) is 23.7 Å². The Bertz CT molecular complexity index is 514. The number of carbonyl (C=O) groups is 1. The van der Waals surface area contributed by atoms with Gasteiger partial charge >= 0.3 is 12.2 Å². The van der Waals surface area contributed by atoms with Gasteiger partial charge in [-0.25, -0.2) is 4.79 Å². The van der Waals surface area contributed by atoms with Gasteiger partial charge in [-0.1, -0.05) is 12.1 Å². The van der Waals surface area contributed by atoms with Crippen LogP contribution in [0, 0.1) is 0 Å². The highest BCUT2D eigenvalue weighted by atomic mass is 19.4. The molecule has 0 aliphatic carbocycles. The summed E-state index contributed by atoms with van der Waals surface area (Å²) in [6.45, 7) is 2.60. The summed E-state index contributed by atoms with van der Waals surface area (Å²) in [5.41, 5.74) is -1.10. The van der Waals surface area contributed by atoms with Gasteiger partial charge < -0.3 is 15.3 Å². The fourth-order valence-corrected chi connectivity index (χ4v) is 2.35. The number of aliphatic hydroxyl groups excluding tert-OH is 1. The molecule has 0 radical (unpaired) electrons. The average molecular weight is 317 g/mol. The van der Waals surface area contributed by atoms with Gasteiger partial charge in [-0.3, -0.25) is 4.90 Å². The number of β-amino-alcohol motifs (C(OH)–C–C–N with tert-alkyl or cyclic N) is 1. The van der Waals surface area contributed by atoms with E-state index >= 15 is 0 Å². The predicted octanol–water partition coefficient (Wildman–Crippen LogP) is 1.85. The summed E-state index contributed by atoms with van der Waals surface area (Å²) in [6.07, 6.45) is -4.51. The molecule has 1 aromatic rings. The SMILES string of the molecule is O=C(Nc1ccccc1C(F)(F)F)N1CCN(CCO)CC1. The molecule has 5 nitrogen and oxygen atoms in total. The Morgan fingerprint density at radius 2 is 1.82 bits per heavy atom. The maximum atomic E-state index is 12.9. The number of hydrogen-bond acceptors (Lipinski definition) is 3. The van der Waals surface area contributed by atoms with Crippen molar-refractivity contribution in [1.82, 2.24) is 9.80 Å². The molecule has 1 fully saturated rings. The Hall–Kier alpha value is -1.80. The number of halogens is 3. The number of nitrogens with one attached hydrogen (secondary N) is 1. The summed E-state index contributed by atoms with van der Waals surface area (Å²) >= 11 is 0. The maximum Gasteiger partial charge on any atom is 0.418 e. The summed E-state index contributed by atoms with van der Waals surface area (Å²) in [6, 6.07) is 4.37. The molecule has 0 aromatic heterocycles. The van der Waals surface area contributed by atoms with E-state index < -0.39 is 17.8 Å². The van der Waals surface area contributed by atoms with Crippen molar-refractivity contribution in [2.24, 2.45) is 0 Å². The Labute approximate surface area is 126 Å². The van der Waals surface area contributed by atoms with Crippen molar-refractivity contribution in [3.05, 3.63) is 29.8 Å². The second-order valence-corrected chi connectivity index (χ2v) is 5.03. The van der Waals surface area contributed by atoms with Crippen molar-refractivity contribution in [2.45, 2.75) is 6.18 Å². The summed E-state index contributed by atoms with van der Waals surface area (Å²) in [4.78, 5) is 15.6. The van der Waals surface area contributed by atoms with E-state index in [1.54, 1.807) is 0 Å². The first-order valence-corrected chi connectivity index (χ1v) is 6.97. The second kappa shape index (κ2) is 6.97. The predicted molar refractivity (Wildman–Crippen MR) is 75.6 cm³/mol. The van der Waals surface area contributed by atoms with Crippen molar-refractivity contribution in [2.75, 3.05) is 44.6 Å². The van der Waals surface area contributed by atoms with Gasteiger partial charge in [-0.15, -0.1) is 0 Å². The van der Waals surface area contributed by atoms with Gasteiger partial charge in [0.05, 0.1) is 17.9 Å². The lowest BCUT2D eigenvalue weighted by atomic mass is 10.1. The number of nitrogens with zero attached hydrogens (tertiary/aromatic N) is 2. The Morgan fingerprint density at radius 3 is 2.41 bits per heavy atom. The monoisotopic (exact) mass is 317 g/mol. The van der Waals surface area contributed by atoms with Gasteiger partial charge in [0.15, 0.2) is 0 Å². The molecule has 2 amide bonds. The normalized spacial score (nSPS) is 16.6. The molecule has 1 aromatic carbocycles. The van der Waals surface area contributed by atoms with E-state index in [4.69, 9.17) is 5.11 Å². The van der Waals surface area contributed by atoms with Crippen LogP contribution in [0.15, 0.2) is 24.3 Å². The molecular formula is C14H18F3N3O2. The van der Waals surface area contributed by atoms with E-state index in [1.165, 1.54) is 23.1 Å². The van der Waals surface area contributed by atoms with Crippen molar-refractivity contribution >= 4 is 11.7 Å².